The minimum Gasteiger partial charge on any atom is -0.497 e. The van der Waals surface area contributed by atoms with E-state index in [2.05, 4.69) is 16.0 Å². The summed E-state index contributed by atoms with van der Waals surface area (Å²) in [6, 6.07) is 4.98. The van der Waals surface area contributed by atoms with E-state index in [4.69, 9.17) is 4.74 Å². The number of hydrogen-bond acceptors (Lipinski definition) is 4. The molecule has 2 rings (SSSR count). The van der Waals surface area contributed by atoms with Crippen LogP contribution in [0.4, 0.5) is 11.4 Å². The van der Waals surface area contributed by atoms with Crippen molar-refractivity contribution in [1.29, 1.82) is 0 Å². The molecule has 1 unspecified atom stereocenters. The molecule has 24 heavy (non-hydrogen) atoms. The van der Waals surface area contributed by atoms with E-state index in [0.717, 1.165) is 12.8 Å². The van der Waals surface area contributed by atoms with E-state index >= 15 is 0 Å². The summed E-state index contributed by atoms with van der Waals surface area (Å²) in [5, 5.41) is 8.23. The van der Waals surface area contributed by atoms with Crippen molar-refractivity contribution in [2.75, 3.05) is 24.3 Å². The first-order valence-corrected chi connectivity index (χ1v) is 8.11. The molecular weight excluding hydrogens is 310 g/mol. The summed E-state index contributed by atoms with van der Waals surface area (Å²) in [7, 11) is 1.52. The fraction of sp³-hybridized carbons (Fsp3) is 0.471. The molecule has 1 aromatic rings. The summed E-state index contributed by atoms with van der Waals surface area (Å²) in [4.78, 5) is 36.2. The highest BCUT2D eigenvalue weighted by Gasteiger charge is 2.28. The third-order valence-electron chi connectivity index (χ3n) is 3.93. The van der Waals surface area contributed by atoms with E-state index in [9.17, 15) is 14.4 Å². The van der Waals surface area contributed by atoms with Crippen molar-refractivity contribution in [1.82, 2.24) is 5.32 Å². The molecule has 1 heterocycles. The molecule has 3 N–H and O–H groups in total. The van der Waals surface area contributed by atoms with Crippen LogP contribution in [0.15, 0.2) is 18.2 Å². The lowest BCUT2D eigenvalue weighted by atomic mass is 10.0. The van der Waals surface area contributed by atoms with Gasteiger partial charge >= 0.3 is 0 Å². The van der Waals surface area contributed by atoms with Crippen LogP contribution in [-0.4, -0.2) is 31.4 Å². The van der Waals surface area contributed by atoms with Crippen LogP contribution in [0, 0.1) is 5.92 Å². The van der Waals surface area contributed by atoms with Gasteiger partial charge in [0.25, 0.3) is 0 Å². The van der Waals surface area contributed by atoms with E-state index in [0.29, 0.717) is 36.5 Å². The summed E-state index contributed by atoms with van der Waals surface area (Å²) in [6.45, 7) is 2.34. The summed E-state index contributed by atoms with van der Waals surface area (Å²) in [5.41, 5.74) is 0.892. The normalized spacial score (nSPS) is 17.4. The number of methoxy groups -OCH3 is 1. The number of nitrogens with one attached hydrogen (secondary N) is 3. The number of amides is 3. The van der Waals surface area contributed by atoms with Crippen molar-refractivity contribution >= 4 is 29.1 Å². The van der Waals surface area contributed by atoms with Gasteiger partial charge in [-0.1, -0.05) is 13.3 Å². The molecule has 0 bridgehead atoms. The molecule has 1 aliphatic rings. The number of rotatable bonds is 5. The molecule has 1 atom stereocenters. The first-order chi connectivity index (χ1) is 11.5. The van der Waals surface area contributed by atoms with Crippen LogP contribution in [0.1, 0.15) is 32.6 Å². The predicted octanol–water partition coefficient (Wildman–Crippen LogP) is 1.90. The van der Waals surface area contributed by atoms with Crippen molar-refractivity contribution in [3.05, 3.63) is 18.2 Å². The van der Waals surface area contributed by atoms with E-state index in [1.165, 1.54) is 7.11 Å². The Bertz CT molecular complexity index is 630. The monoisotopic (exact) mass is 333 g/mol. The van der Waals surface area contributed by atoms with Crippen LogP contribution >= 0.6 is 0 Å². The number of carbonyl (C=O) groups excluding carboxylic acids is 3. The number of benzene rings is 1. The zero-order chi connectivity index (χ0) is 17.5. The Kier molecular flexibility index (Phi) is 6.17. The molecule has 1 saturated heterocycles. The Morgan fingerprint density at radius 1 is 1.25 bits per heavy atom. The largest absolute Gasteiger partial charge is 0.497 e. The zero-order valence-corrected chi connectivity index (χ0v) is 14.0. The number of anilines is 2. The minimum atomic E-state index is -0.728. The summed E-state index contributed by atoms with van der Waals surface area (Å²) >= 11 is 0. The van der Waals surface area contributed by atoms with Gasteiger partial charge in [0.2, 0.25) is 17.7 Å². The molecule has 130 valence electrons. The topological polar surface area (TPSA) is 96.5 Å². The Morgan fingerprint density at radius 2 is 2.04 bits per heavy atom. The molecule has 1 aliphatic heterocycles. The molecule has 1 aromatic carbocycles. The van der Waals surface area contributed by atoms with Gasteiger partial charge in [0.15, 0.2) is 0 Å². The van der Waals surface area contributed by atoms with Gasteiger partial charge < -0.3 is 20.7 Å². The van der Waals surface area contributed by atoms with Gasteiger partial charge in [0, 0.05) is 19.0 Å². The van der Waals surface area contributed by atoms with Crippen LogP contribution < -0.4 is 20.7 Å². The van der Waals surface area contributed by atoms with E-state index in [-0.39, 0.29) is 17.7 Å². The van der Waals surface area contributed by atoms with E-state index < -0.39 is 5.92 Å². The molecule has 0 spiro atoms. The minimum absolute atomic E-state index is 0.164. The average Bonchev–Trinajstić information content (AvgIpc) is 2.80. The standard InChI is InChI=1S/C17H23N3O4/c1-3-15(21)19-13-8-7-11(24-2)10-14(13)20-17(23)12-6-4-5-9-18-16(12)22/h7-8,10,12H,3-6,9H2,1-2H3,(H,18,22)(H,19,21)(H,20,23). The Hall–Kier alpha value is -2.57. The third-order valence-corrected chi connectivity index (χ3v) is 3.93. The van der Waals surface area contributed by atoms with Crippen LogP contribution in [0.2, 0.25) is 0 Å². The molecule has 0 radical (unpaired) electrons. The average molecular weight is 333 g/mol. The van der Waals surface area contributed by atoms with Crippen molar-refractivity contribution in [3.8, 4) is 5.75 Å². The van der Waals surface area contributed by atoms with Gasteiger partial charge in [-0.25, -0.2) is 0 Å². The van der Waals surface area contributed by atoms with Gasteiger partial charge in [0.1, 0.15) is 11.7 Å². The Balaban J connectivity index is 2.20. The molecule has 7 nitrogen and oxygen atoms in total. The van der Waals surface area contributed by atoms with Crippen LogP contribution in [0.25, 0.3) is 0 Å². The SMILES string of the molecule is CCC(=O)Nc1ccc(OC)cc1NC(=O)C1CCCCNC1=O. The van der Waals surface area contributed by atoms with Crippen molar-refractivity contribution in [2.24, 2.45) is 5.92 Å². The van der Waals surface area contributed by atoms with E-state index in [1.54, 1.807) is 25.1 Å². The second-order valence-electron chi connectivity index (χ2n) is 5.64. The van der Waals surface area contributed by atoms with Gasteiger partial charge in [-0.05, 0) is 25.0 Å². The first-order valence-electron chi connectivity index (χ1n) is 8.11. The van der Waals surface area contributed by atoms with Crippen molar-refractivity contribution < 1.29 is 19.1 Å². The number of ether oxygens (including phenoxy) is 1. The Morgan fingerprint density at radius 3 is 2.75 bits per heavy atom. The predicted molar refractivity (Wildman–Crippen MR) is 90.9 cm³/mol. The number of carbonyl (C=O) groups is 3. The van der Waals surface area contributed by atoms with Gasteiger partial charge in [0.05, 0.1) is 18.5 Å². The molecule has 3 amide bonds. The molecular formula is C17H23N3O4. The maximum absolute atomic E-state index is 12.5. The fourth-order valence-corrected chi connectivity index (χ4v) is 2.51. The molecule has 7 heteroatoms. The second kappa shape index (κ2) is 8.33. The van der Waals surface area contributed by atoms with Gasteiger partial charge in [-0.2, -0.15) is 0 Å². The smallest absolute Gasteiger partial charge is 0.237 e. The fourth-order valence-electron chi connectivity index (χ4n) is 2.51. The lowest BCUT2D eigenvalue weighted by Crippen LogP contribution is -2.36. The highest BCUT2D eigenvalue weighted by molar-refractivity contribution is 6.08. The van der Waals surface area contributed by atoms with Gasteiger partial charge in [-0.3, -0.25) is 14.4 Å². The van der Waals surface area contributed by atoms with Crippen molar-refractivity contribution in [2.45, 2.75) is 32.6 Å². The second-order valence-corrected chi connectivity index (χ2v) is 5.64. The van der Waals surface area contributed by atoms with Crippen LogP contribution in [0.5, 0.6) is 5.75 Å². The Labute approximate surface area is 141 Å². The maximum atomic E-state index is 12.5. The lowest BCUT2D eigenvalue weighted by Gasteiger charge is -2.17. The van der Waals surface area contributed by atoms with Crippen molar-refractivity contribution in [3.63, 3.8) is 0 Å². The zero-order valence-electron chi connectivity index (χ0n) is 14.0. The summed E-state index contributed by atoms with van der Waals surface area (Å²) in [5.74, 6) is -0.983. The molecule has 0 saturated carbocycles. The highest BCUT2D eigenvalue weighted by atomic mass is 16.5. The highest BCUT2D eigenvalue weighted by Crippen LogP contribution is 2.28. The maximum Gasteiger partial charge on any atom is 0.237 e. The summed E-state index contributed by atoms with van der Waals surface area (Å²) in [6.07, 6.45) is 2.52. The summed E-state index contributed by atoms with van der Waals surface area (Å²) < 4.78 is 5.17. The third kappa shape index (κ3) is 4.47. The molecule has 1 fully saturated rings. The molecule has 0 aliphatic carbocycles. The van der Waals surface area contributed by atoms with E-state index in [1.807, 2.05) is 0 Å². The lowest BCUT2D eigenvalue weighted by molar-refractivity contribution is -0.132. The van der Waals surface area contributed by atoms with Crippen LogP contribution in [-0.2, 0) is 14.4 Å². The van der Waals surface area contributed by atoms with Crippen LogP contribution in [0.3, 0.4) is 0 Å². The first kappa shape index (κ1) is 17.8. The quantitative estimate of drug-likeness (QED) is 0.717. The molecule has 0 aromatic heterocycles. The van der Waals surface area contributed by atoms with Gasteiger partial charge in [-0.15, -0.1) is 0 Å². The number of hydrogen-bond donors (Lipinski definition) is 3.